The lowest BCUT2D eigenvalue weighted by molar-refractivity contribution is -0.183. The molecule has 0 aromatic rings. The van der Waals surface area contributed by atoms with Crippen molar-refractivity contribution in [1.82, 2.24) is 0 Å². The van der Waals surface area contributed by atoms with Crippen LogP contribution in [0.3, 0.4) is 0 Å². The average molecular weight is 179 g/mol. The highest BCUT2D eigenvalue weighted by atomic mass is 35.5. The highest BCUT2D eigenvalue weighted by Crippen LogP contribution is 2.13. The molecule has 1 fully saturated rings. The summed E-state index contributed by atoms with van der Waals surface area (Å²) in [5.41, 5.74) is 0. The van der Waals surface area contributed by atoms with Crippen molar-refractivity contribution < 1.29 is 14.3 Å². The van der Waals surface area contributed by atoms with Gasteiger partial charge < -0.3 is 9.47 Å². The van der Waals surface area contributed by atoms with Gasteiger partial charge in [0.25, 0.3) is 0 Å². The van der Waals surface area contributed by atoms with Gasteiger partial charge in [0.05, 0.1) is 6.61 Å². The van der Waals surface area contributed by atoms with Crippen LogP contribution in [0.1, 0.15) is 19.3 Å². The fourth-order valence-electron chi connectivity index (χ4n) is 0.982. The molecular weight excluding hydrogens is 168 g/mol. The summed E-state index contributed by atoms with van der Waals surface area (Å²) in [5.74, 6) is -0.501. The fraction of sp³-hybridized carbons (Fsp3) is 0.857. The minimum atomic E-state index is -0.404. The van der Waals surface area contributed by atoms with Gasteiger partial charge in [-0.3, -0.25) is 4.79 Å². The van der Waals surface area contributed by atoms with Crippen molar-refractivity contribution in [3.63, 3.8) is 0 Å². The summed E-state index contributed by atoms with van der Waals surface area (Å²) < 4.78 is 10.00. The van der Waals surface area contributed by atoms with Gasteiger partial charge in [0.1, 0.15) is 5.88 Å². The molecular formula is C7H11ClO3. The maximum absolute atomic E-state index is 10.6. The Morgan fingerprint density at radius 1 is 1.64 bits per heavy atom. The van der Waals surface area contributed by atoms with Gasteiger partial charge in [0, 0.05) is 6.42 Å². The number of halogens is 1. The van der Waals surface area contributed by atoms with E-state index < -0.39 is 5.97 Å². The number of ether oxygens (including phenoxy) is 2. The van der Waals surface area contributed by atoms with Crippen LogP contribution >= 0.6 is 11.6 Å². The highest BCUT2D eigenvalue weighted by molar-refractivity contribution is 6.26. The van der Waals surface area contributed by atoms with Crippen LogP contribution in [-0.2, 0) is 14.3 Å². The van der Waals surface area contributed by atoms with Crippen LogP contribution in [0.2, 0.25) is 0 Å². The molecule has 4 heteroatoms. The number of esters is 1. The second-order valence-corrected chi connectivity index (χ2v) is 2.69. The second kappa shape index (κ2) is 4.57. The van der Waals surface area contributed by atoms with Crippen molar-refractivity contribution in [2.45, 2.75) is 25.6 Å². The molecule has 0 amide bonds. The monoisotopic (exact) mass is 178 g/mol. The van der Waals surface area contributed by atoms with E-state index in [1.165, 1.54) is 0 Å². The Kier molecular flexibility index (Phi) is 3.66. The van der Waals surface area contributed by atoms with E-state index in [1.807, 2.05) is 0 Å². The zero-order chi connectivity index (χ0) is 8.10. The van der Waals surface area contributed by atoms with E-state index in [2.05, 4.69) is 0 Å². The molecule has 1 unspecified atom stereocenters. The summed E-state index contributed by atoms with van der Waals surface area (Å²) in [6.07, 6.45) is 2.55. The largest absolute Gasteiger partial charge is 0.435 e. The zero-order valence-corrected chi connectivity index (χ0v) is 6.97. The van der Waals surface area contributed by atoms with Crippen molar-refractivity contribution in [2.24, 2.45) is 0 Å². The molecule has 1 aliphatic rings. The third-order valence-electron chi connectivity index (χ3n) is 1.51. The molecule has 1 aliphatic heterocycles. The molecule has 0 aliphatic carbocycles. The van der Waals surface area contributed by atoms with Gasteiger partial charge in [-0.1, -0.05) is 0 Å². The summed E-state index contributed by atoms with van der Waals surface area (Å²) in [6, 6.07) is 0. The van der Waals surface area contributed by atoms with E-state index in [4.69, 9.17) is 21.1 Å². The van der Waals surface area contributed by atoms with Gasteiger partial charge in [-0.05, 0) is 12.8 Å². The zero-order valence-electron chi connectivity index (χ0n) is 6.22. The van der Waals surface area contributed by atoms with E-state index >= 15 is 0 Å². The number of carbonyl (C=O) groups excluding carboxylic acids is 1. The predicted octanol–water partition coefficient (Wildman–Crippen LogP) is 1.29. The van der Waals surface area contributed by atoms with E-state index in [0.717, 1.165) is 19.3 Å². The van der Waals surface area contributed by atoms with Crippen LogP contribution < -0.4 is 0 Å². The molecule has 1 saturated heterocycles. The molecule has 0 saturated carbocycles. The number of alkyl halides is 1. The molecule has 1 heterocycles. The van der Waals surface area contributed by atoms with Crippen LogP contribution in [0, 0.1) is 0 Å². The SMILES string of the molecule is O=C(CCl)OC1CCCCO1. The average Bonchev–Trinajstić information content (AvgIpc) is 2.06. The fourth-order valence-corrected chi connectivity index (χ4v) is 1.05. The number of carbonyl (C=O) groups is 1. The summed E-state index contributed by atoms with van der Waals surface area (Å²) in [6.45, 7) is 0.681. The third-order valence-corrected chi connectivity index (χ3v) is 1.73. The minimum absolute atomic E-state index is 0.0974. The van der Waals surface area contributed by atoms with Crippen molar-refractivity contribution in [3.05, 3.63) is 0 Å². The van der Waals surface area contributed by atoms with E-state index in [1.54, 1.807) is 0 Å². The third kappa shape index (κ3) is 3.08. The Morgan fingerprint density at radius 3 is 3.00 bits per heavy atom. The van der Waals surface area contributed by atoms with Gasteiger partial charge in [0.15, 0.2) is 0 Å². The van der Waals surface area contributed by atoms with Crippen molar-refractivity contribution >= 4 is 17.6 Å². The van der Waals surface area contributed by atoms with Crippen LogP contribution in [-0.4, -0.2) is 24.7 Å². The Hall–Kier alpha value is -0.280. The first-order valence-corrected chi connectivity index (χ1v) is 4.23. The molecule has 0 radical (unpaired) electrons. The van der Waals surface area contributed by atoms with Gasteiger partial charge >= 0.3 is 5.97 Å². The van der Waals surface area contributed by atoms with Gasteiger partial charge in [0.2, 0.25) is 6.29 Å². The molecule has 64 valence electrons. The molecule has 0 aromatic carbocycles. The molecule has 0 bridgehead atoms. The minimum Gasteiger partial charge on any atom is -0.435 e. The van der Waals surface area contributed by atoms with Crippen LogP contribution in [0.4, 0.5) is 0 Å². The normalized spacial score (nSPS) is 24.6. The first kappa shape index (κ1) is 8.81. The molecule has 0 N–H and O–H groups in total. The Morgan fingerprint density at radius 2 is 2.45 bits per heavy atom. The summed E-state index contributed by atoms with van der Waals surface area (Å²) in [5, 5.41) is 0. The standard InChI is InChI=1S/C7H11ClO3/c8-5-6(9)11-7-3-1-2-4-10-7/h7H,1-5H2. The van der Waals surface area contributed by atoms with Gasteiger partial charge in [-0.25, -0.2) is 0 Å². The van der Waals surface area contributed by atoms with Crippen LogP contribution in [0.15, 0.2) is 0 Å². The quantitative estimate of drug-likeness (QED) is 0.472. The summed E-state index contributed by atoms with van der Waals surface area (Å²) in [7, 11) is 0. The Labute approximate surface area is 70.6 Å². The van der Waals surface area contributed by atoms with E-state index in [-0.39, 0.29) is 12.2 Å². The number of hydrogen-bond donors (Lipinski definition) is 0. The smallest absolute Gasteiger partial charge is 0.323 e. The molecule has 0 spiro atoms. The topological polar surface area (TPSA) is 35.5 Å². The number of rotatable bonds is 2. The molecule has 1 rings (SSSR count). The number of hydrogen-bond acceptors (Lipinski definition) is 3. The molecule has 3 nitrogen and oxygen atoms in total. The lowest BCUT2D eigenvalue weighted by Gasteiger charge is -2.21. The Balaban J connectivity index is 2.19. The van der Waals surface area contributed by atoms with Crippen molar-refractivity contribution in [3.8, 4) is 0 Å². The van der Waals surface area contributed by atoms with E-state index in [9.17, 15) is 4.79 Å². The first-order valence-electron chi connectivity index (χ1n) is 3.70. The van der Waals surface area contributed by atoms with Gasteiger partial charge in [-0.2, -0.15) is 0 Å². The summed E-state index contributed by atoms with van der Waals surface area (Å²) in [4.78, 5) is 10.6. The van der Waals surface area contributed by atoms with Crippen LogP contribution in [0.5, 0.6) is 0 Å². The molecule has 1 atom stereocenters. The predicted molar refractivity (Wildman–Crippen MR) is 40.4 cm³/mol. The Bertz CT molecular complexity index is 132. The first-order chi connectivity index (χ1) is 5.33. The van der Waals surface area contributed by atoms with E-state index in [0.29, 0.717) is 6.61 Å². The molecule has 0 aromatic heterocycles. The maximum Gasteiger partial charge on any atom is 0.323 e. The second-order valence-electron chi connectivity index (χ2n) is 2.42. The lowest BCUT2D eigenvalue weighted by Crippen LogP contribution is -2.25. The maximum atomic E-state index is 10.6. The van der Waals surface area contributed by atoms with Gasteiger partial charge in [-0.15, -0.1) is 11.6 Å². The molecule has 11 heavy (non-hydrogen) atoms. The van der Waals surface area contributed by atoms with Crippen molar-refractivity contribution in [2.75, 3.05) is 12.5 Å². The lowest BCUT2D eigenvalue weighted by atomic mass is 10.2. The summed E-state index contributed by atoms with van der Waals surface area (Å²) >= 11 is 5.24. The van der Waals surface area contributed by atoms with Crippen molar-refractivity contribution in [1.29, 1.82) is 0 Å². The van der Waals surface area contributed by atoms with Crippen LogP contribution in [0.25, 0.3) is 0 Å². The highest BCUT2D eigenvalue weighted by Gasteiger charge is 2.16.